The van der Waals surface area contributed by atoms with Crippen molar-refractivity contribution in [3.63, 3.8) is 0 Å². The highest BCUT2D eigenvalue weighted by atomic mass is 19.4. The third-order valence-corrected chi connectivity index (χ3v) is 2.92. The Morgan fingerprint density at radius 3 is 2.52 bits per heavy atom. The molecule has 0 bridgehead atoms. The number of hydrogen-bond acceptors (Lipinski definition) is 3. The van der Waals surface area contributed by atoms with Crippen molar-refractivity contribution >= 4 is 5.78 Å². The maximum atomic E-state index is 12.7. The first-order valence-corrected chi connectivity index (χ1v) is 6.00. The van der Waals surface area contributed by atoms with Crippen LogP contribution in [0.3, 0.4) is 0 Å². The fraction of sp³-hybridized carbons (Fsp3) is 0.200. The molecule has 0 N–H and O–H groups in total. The molecule has 0 saturated carbocycles. The summed E-state index contributed by atoms with van der Waals surface area (Å²) in [5.74, 6) is -1.56. The zero-order valence-electron chi connectivity index (χ0n) is 10.9. The van der Waals surface area contributed by atoms with Crippen LogP contribution in [0.25, 0.3) is 0 Å². The number of benzene rings is 1. The second kappa shape index (κ2) is 5.44. The molecule has 0 fully saturated rings. The lowest BCUT2D eigenvalue weighted by Gasteiger charge is -2.11. The second-order valence-electron chi connectivity index (χ2n) is 4.46. The van der Waals surface area contributed by atoms with Crippen LogP contribution in [0, 0.1) is 18.3 Å². The van der Waals surface area contributed by atoms with Crippen molar-refractivity contribution in [1.29, 1.82) is 5.26 Å². The number of hydrogen-bond donors (Lipinski definition) is 0. The van der Waals surface area contributed by atoms with Gasteiger partial charge in [0.2, 0.25) is 5.78 Å². The summed E-state index contributed by atoms with van der Waals surface area (Å²) in [6, 6.07) is 8.86. The lowest BCUT2D eigenvalue weighted by Crippen LogP contribution is -2.12. The number of ketones is 1. The predicted molar refractivity (Wildman–Crippen MR) is 67.6 cm³/mol. The van der Waals surface area contributed by atoms with Gasteiger partial charge in [-0.05, 0) is 30.7 Å². The number of Topliss-reactive ketones (excluding diaryl/α,β-unsaturated/α-hetero) is 1. The van der Waals surface area contributed by atoms with Crippen LogP contribution in [0.1, 0.15) is 33.4 Å². The molecule has 21 heavy (non-hydrogen) atoms. The van der Waals surface area contributed by atoms with E-state index in [1.54, 1.807) is 19.1 Å². The molecule has 1 atom stereocenters. The highest BCUT2D eigenvalue weighted by Crippen LogP contribution is 2.32. The van der Waals surface area contributed by atoms with Crippen LogP contribution in [-0.2, 0) is 6.18 Å². The van der Waals surface area contributed by atoms with E-state index in [1.807, 2.05) is 0 Å². The zero-order valence-corrected chi connectivity index (χ0v) is 10.9. The van der Waals surface area contributed by atoms with E-state index in [1.165, 1.54) is 18.2 Å². The molecule has 108 valence electrons. The largest absolute Gasteiger partial charge is 0.458 e. The minimum atomic E-state index is -4.53. The van der Waals surface area contributed by atoms with Crippen molar-refractivity contribution in [3.05, 3.63) is 59.0 Å². The highest BCUT2D eigenvalue weighted by molar-refractivity contribution is 6.00. The van der Waals surface area contributed by atoms with Gasteiger partial charge in [-0.1, -0.05) is 18.2 Å². The molecule has 3 nitrogen and oxygen atoms in total. The van der Waals surface area contributed by atoms with Crippen molar-refractivity contribution in [2.75, 3.05) is 0 Å². The summed E-state index contributed by atoms with van der Waals surface area (Å²) >= 11 is 0. The Morgan fingerprint density at radius 1 is 1.29 bits per heavy atom. The van der Waals surface area contributed by atoms with Crippen molar-refractivity contribution in [2.45, 2.75) is 19.0 Å². The molecule has 1 aromatic heterocycles. The first-order valence-electron chi connectivity index (χ1n) is 6.00. The molecule has 0 aliphatic heterocycles. The van der Waals surface area contributed by atoms with Gasteiger partial charge >= 0.3 is 6.18 Å². The van der Waals surface area contributed by atoms with Crippen LogP contribution >= 0.6 is 0 Å². The fourth-order valence-electron chi connectivity index (χ4n) is 1.89. The van der Waals surface area contributed by atoms with Gasteiger partial charge in [-0.25, -0.2) is 0 Å². The third kappa shape index (κ3) is 3.14. The number of furan rings is 1. The summed E-state index contributed by atoms with van der Waals surface area (Å²) in [5, 5.41) is 9.12. The Labute approximate surface area is 118 Å². The van der Waals surface area contributed by atoms with E-state index < -0.39 is 23.4 Å². The van der Waals surface area contributed by atoms with E-state index >= 15 is 0 Å². The van der Waals surface area contributed by atoms with Gasteiger partial charge in [-0.3, -0.25) is 4.79 Å². The molecule has 6 heteroatoms. The van der Waals surface area contributed by atoms with Crippen LogP contribution in [-0.4, -0.2) is 5.78 Å². The predicted octanol–water partition coefficient (Wildman–Crippen LogP) is 4.10. The molecule has 0 aliphatic rings. The van der Waals surface area contributed by atoms with Crippen LogP contribution < -0.4 is 0 Å². The molecule has 0 saturated heterocycles. The maximum Gasteiger partial charge on any atom is 0.416 e. The monoisotopic (exact) mass is 293 g/mol. The average molecular weight is 293 g/mol. The fourth-order valence-corrected chi connectivity index (χ4v) is 1.89. The quantitative estimate of drug-likeness (QED) is 0.801. The first kappa shape index (κ1) is 14.9. The minimum absolute atomic E-state index is 0.00798. The molecule has 0 radical (unpaired) electrons. The molecular formula is C15H10F3NO2. The summed E-state index contributed by atoms with van der Waals surface area (Å²) in [6.45, 7) is 1.63. The summed E-state index contributed by atoms with van der Waals surface area (Å²) < 4.78 is 43.2. The highest BCUT2D eigenvalue weighted by Gasteiger charge is 2.32. The number of carbonyl (C=O) groups is 1. The number of carbonyl (C=O) groups excluding carboxylic acids is 1. The topological polar surface area (TPSA) is 54.0 Å². The number of alkyl halides is 3. The Hall–Kier alpha value is -2.55. The number of aryl methyl sites for hydroxylation is 1. The van der Waals surface area contributed by atoms with Gasteiger partial charge in [-0.2, -0.15) is 18.4 Å². The van der Waals surface area contributed by atoms with Crippen molar-refractivity contribution in [1.82, 2.24) is 0 Å². The third-order valence-electron chi connectivity index (χ3n) is 2.92. The number of nitrogens with zero attached hydrogens (tertiary/aromatic N) is 1. The van der Waals surface area contributed by atoms with Crippen LogP contribution in [0.5, 0.6) is 0 Å². The van der Waals surface area contributed by atoms with Gasteiger partial charge in [0, 0.05) is 0 Å². The van der Waals surface area contributed by atoms with E-state index in [4.69, 9.17) is 9.68 Å². The molecule has 2 rings (SSSR count). The van der Waals surface area contributed by atoms with Gasteiger partial charge < -0.3 is 4.42 Å². The smallest absolute Gasteiger partial charge is 0.416 e. The maximum absolute atomic E-state index is 12.7. The van der Waals surface area contributed by atoms with Crippen LogP contribution in [0.4, 0.5) is 13.2 Å². The molecule has 0 spiro atoms. The van der Waals surface area contributed by atoms with E-state index in [0.29, 0.717) is 5.76 Å². The summed E-state index contributed by atoms with van der Waals surface area (Å²) in [7, 11) is 0. The normalized spacial score (nSPS) is 12.7. The van der Waals surface area contributed by atoms with Gasteiger partial charge in [0.15, 0.2) is 5.76 Å². The molecule has 2 aromatic rings. The van der Waals surface area contributed by atoms with Crippen molar-refractivity contribution < 1.29 is 22.4 Å². The number of halogens is 3. The Kier molecular flexibility index (Phi) is 3.85. The van der Waals surface area contributed by atoms with Crippen molar-refractivity contribution in [3.8, 4) is 6.07 Å². The number of rotatable bonds is 3. The molecule has 0 amide bonds. The van der Waals surface area contributed by atoms with Gasteiger partial charge in [0.05, 0.1) is 11.6 Å². The zero-order chi connectivity index (χ0) is 15.6. The molecule has 1 aromatic carbocycles. The van der Waals surface area contributed by atoms with Gasteiger partial charge in [0.1, 0.15) is 11.7 Å². The van der Waals surface area contributed by atoms with E-state index in [-0.39, 0.29) is 11.3 Å². The summed E-state index contributed by atoms with van der Waals surface area (Å²) in [6.07, 6.45) is -4.53. The molecule has 0 aliphatic carbocycles. The lowest BCUT2D eigenvalue weighted by molar-refractivity contribution is -0.137. The van der Waals surface area contributed by atoms with E-state index in [2.05, 4.69) is 0 Å². The summed E-state index contributed by atoms with van der Waals surface area (Å²) in [5.41, 5.74) is -0.907. The Morgan fingerprint density at radius 2 is 2.00 bits per heavy atom. The molecular weight excluding hydrogens is 283 g/mol. The average Bonchev–Trinajstić information content (AvgIpc) is 2.85. The summed E-state index contributed by atoms with van der Waals surface area (Å²) in [4.78, 5) is 12.2. The van der Waals surface area contributed by atoms with E-state index in [9.17, 15) is 18.0 Å². The first-order chi connectivity index (χ1) is 9.82. The molecule has 1 heterocycles. The Balaban J connectivity index is 2.39. The number of nitriles is 1. The van der Waals surface area contributed by atoms with Crippen LogP contribution in [0.2, 0.25) is 0 Å². The molecule has 1 unspecified atom stereocenters. The SMILES string of the molecule is Cc1ccc(C(=O)C(C#N)c2cccc(C(F)(F)F)c2)o1. The van der Waals surface area contributed by atoms with Crippen molar-refractivity contribution in [2.24, 2.45) is 0 Å². The Bertz CT molecular complexity index is 710. The van der Waals surface area contributed by atoms with Gasteiger partial charge in [0.25, 0.3) is 0 Å². The second-order valence-corrected chi connectivity index (χ2v) is 4.46. The van der Waals surface area contributed by atoms with Crippen LogP contribution in [0.15, 0.2) is 40.8 Å². The minimum Gasteiger partial charge on any atom is -0.458 e. The standard InChI is InChI=1S/C15H10F3NO2/c1-9-5-6-13(21-9)14(20)12(8-19)10-3-2-4-11(7-10)15(16,17)18/h2-7,12H,1H3. The lowest BCUT2D eigenvalue weighted by atomic mass is 9.93. The van der Waals surface area contributed by atoms with Gasteiger partial charge in [-0.15, -0.1) is 0 Å². The van der Waals surface area contributed by atoms with E-state index in [0.717, 1.165) is 12.1 Å².